The Morgan fingerprint density at radius 3 is 2.39 bits per heavy atom. The van der Waals surface area contributed by atoms with Crippen LogP contribution in [0.1, 0.15) is 43.7 Å². The maximum Gasteiger partial charge on any atom is 0.254 e. The van der Waals surface area contributed by atoms with Crippen molar-refractivity contribution >= 4 is 11.7 Å². The predicted molar refractivity (Wildman–Crippen MR) is 74.4 cm³/mol. The van der Waals surface area contributed by atoms with Crippen LogP contribution in [0.5, 0.6) is 0 Å². The molecule has 18 heavy (non-hydrogen) atoms. The largest absolute Gasteiger partial charge is 0.384 e. The van der Waals surface area contributed by atoms with Crippen LogP contribution in [0, 0.1) is 12.8 Å². The van der Waals surface area contributed by atoms with E-state index in [2.05, 4.69) is 18.8 Å². The van der Waals surface area contributed by atoms with Crippen molar-refractivity contribution in [2.75, 3.05) is 12.3 Å². The number of nitrogens with two attached hydrogens (primary N) is 1. The molecule has 0 fully saturated rings. The third-order valence-electron chi connectivity index (χ3n) is 2.67. The van der Waals surface area contributed by atoms with Gasteiger partial charge in [0.05, 0.1) is 0 Å². The number of rotatable bonds is 4. The highest BCUT2D eigenvalue weighted by molar-refractivity contribution is 5.95. The van der Waals surface area contributed by atoms with Crippen LogP contribution in [0.2, 0.25) is 0 Å². The molecule has 0 spiro atoms. The molecule has 1 aromatic rings. The lowest BCUT2D eigenvalue weighted by Gasteiger charge is -2.28. The topological polar surface area (TPSA) is 59.2 Å². The Morgan fingerprint density at radius 1 is 1.33 bits per heavy atom. The van der Waals surface area contributed by atoms with Gasteiger partial charge in [0.1, 0.15) is 5.82 Å². The lowest BCUT2D eigenvalue weighted by molar-refractivity contribution is 0.0682. The first kappa shape index (κ1) is 14.5. The number of nitrogen functional groups attached to an aromatic ring is 1. The number of anilines is 1. The molecule has 0 radical (unpaired) electrons. The highest BCUT2D eigenvalue weighted by Gasteiger charge is 2.20. The standard InChI is InChI=1S/C14H23N3O/c1-9(2)8-17(10(3)4)14(18)12-6-11(5)16-13(15)7-12/h6-7,9-10H,8H2,1-5H3,(H2,15,16). The van der Waals surface area contributed by atoms with Gasteiger partial charge in [0.15, 0.2) is 0 Å². The number of hydrogen-bond acceptors (Lipinski definition) is 3. The number of aryl methyl sites for hydroxylation is 1. The zero-order valence-corrected chi connectivity index (χ0v) is 11.9. The molecule has 100 valence electrons. The van der Waals surface area contributed by atoms with Gasteiger partial charge < -0.3 is 10.6 Å². The summed E-state index contributed by atoms with van der Waals surface area (Å²) in [5.41, 5.74) is 7.08. The average Bonchev–Trinajstić information content (AvgIpc) is 2.23. The Balaban J connectivity index is 3.01. The lowest BCUT2D eigenvalue weighted by Crippen LogP contribution is -2.39. The van der Waals surface area contributed by atoms with Crippen LogP contribution in [0.3, 0.4) is 0 Å². The molecule has 4 heteroatoms. The fourth-order valence-electron chi connectivity index (χ4n) is 1.91. The smallest absolute Gasteiger partial charge is 0.254 e. The summed E-state index contributed by atoms with van der Waals surface area (Å²) in [7, 11) is 0. The van der Waals surface area contributed by atoms with E-state index in [1.165, 1.54) is 0 Å². The molecule has 0 atom stereocenters. The van der Waals surface area contributed by atoms with Crippen LogP contribution in [0.15, 0.2) is 12.1 Å². The van der Waals surface area contributed by atoms with Gasteiger partial charge in [0, 0.05) is 23.8 Å². The van der Waals surface area contributed by atoms with E-state index in [-0.39, 0.29) is 11.9 Å². The molecule has 4 nitrogen and oxygen atoms in total. The Labute approximate surface area is 109 Å². The summed E-state index contributed by atoms with van der Waals surface area (Å²) in [5, 5.41) is 0. The van der Waals surface area contributed by atoms with E-state index < -0.39 is 0 Å². The number of aromatic nitrogens is 1. The van der Waals surface area contributed by atoms with Gasteiger partial charge in [-0.25, -0.2) is 4.98 Å². The van der Waals surface area contributed by atoms with Gasteiger partial charge in [-0.3, -0.25) is 4.79 Å². The van der Waals surface area contributed by atoms with E-state index in [4.69, 9.17) is 5.73 Å². The van der Waals surface area contributed by atoms with Gasteiger partial charge in [-0.15, -0.1) is 0 Å². The molecule has 0 bridgehead atoms. The predicted octanol–water partition coefficient (Wildman–Crippen LogP) is 2.48. The maximum atomic E-state index is 12.5. The van der Waals surface area contributed by atoms with Crippen LogP contribution in [0.4, 0.5) is 5.82 Å². The Hall–Kier alpha value is -1.58. The molecule has 0 aliphatic carbocycles. The van der Waals surface area contributed by atoms with Crippen LogP contribution >= 0.6 is 0 Å². The monoisotopic (exact) mass is 249 g/mol. The van der Waals surface area contributed by atoms with Crippen molar-refractivity contribution in [2.45, 2.75) is 40.7 Å². The molecule has 0 unspecified atom stereocenters. The fraction of sp³-hybridized carbons (Fsp3) is 0.571. The van der Waals surface area contributed by atoms with Gasteiger partial charge in [0.2, 0.25) is 0 Å². The van der Waals surface area contributed by atoms with Crippen LogP contribution < -0.4 is 5.73 Å². The molecule has 0 aliphatic heterocycles. The zero-order chi connectivity index (χ0) is 13.9. The van der Waals surface area contributed by atoms with E-state index >= 15 is 0 Å². The third kappa shape index (κ3) is 3.72. The first-order chi connectivity index (χ1) is 8.31. The molecule has 0 saturated heterocycles. The van der Waals surface area contributed by atoms with Crippen molar-refractivity contribution in [1.82, 2.24) is 9.88 Å². The second-order valence-electron chi connectivity index (χ2n) is 5.37. The van der Waals surface area contributed by atoms with Crippen molar-refractivity contribution in [3.05, 3.63) is 23.4 Å². The van der Waals surface area contributed by atoms with Crippen molar-refractivity contribution in [2.24, 2.45) is 5.92 Å². The van der Waals surface area contributed by atoms with E-state index in [1.807, 2.05) is 25.7 Å². The number of carbonyl (C=O) groups is 1. The van der Waals surface area contributed by atoms with Gasteiger partial charge in [-0.2, -0.15) is 0 Å². The average molecular weight is 249 g/mol. The fourth-order valence-corrected chi connectivity index (χ4v) is 1.91. The van der Waals surface area contributed by atoms with Crippen molar-refractivity contribution in [1.29, 1.82) is 0 Å². The molecule has 0 aromatic carbocycles. The van der Waals surface area contributed by atoms with Gasteiger partial charge in [-0.05, 0) is 38.8 Å². The molecule has 0 aliphatic rings. The Morgan fingerprint density at radius 2 is 1.94 bits per heavy atom. The second-order valence-corrected chi connectivity index (χ2v) is 5.37. The molecule has 0 saturated carbocycles. The molecule has 1 rings (SSSR count). The molecule has 1 heterocycles. The maximum absolute atomic E-state index is 12.5. The second kappa shape index (κ2) is 5.85. The van der Waals surface area contributed by atoms with Crippen LogP contribution in [0.25, 0.3) is 0 Å². The third-order valence-corrected chi connectivity index (χ3v) is 2.67. The van der Waals surface area contributed by atoms with E-state index in [0.717, 1.165) is 12.2 Å². The molecular weight excluding hydrogens is 226 g/mol. The van der Waals surface area contributed by atoms with E-state index in [1.54, 1.807) is 12.1 Å². The quantitative estimate of drug-likeness (QED) is 0.891. The first-order valence-corrected chi connectivity index (χ1v) is 6.36. The zero-order valence-electron chi connectivity index (χ0n) is 11.9. The first-order valence-electron chi connectivity index (χ1n) is 6.36. The van der Waals surface area contributed by atoms with Gasteiger partial charge in [-0.1, -0.05) is 13.8 Å². The molecular formula is C14H23N3O. The minimum atomic E-state index is 0.0240. The summed E-state index contributed by atoms with van der Waals surface area (Å²) < 4.78 is 0. The molecule has 2 N–H and O–H groups in total. The van der Waals surface area contributed by atoms with Gasteiger partial charge >= 0.3 is 0 Å². The van der Waals surface area contributed by atoms with Crippen molar-refractivity contribution in [3.8, 4) is 0 Å². The summed E-state index contributed by atoms with van der Waals surface area (Å²) >= 11 is 0. The summed E-state index contributed by atoms with van der Waals surface area (Å²) in [6, 6.07) is 3.61. The highest BCUT2D eigenvalue weighted by atomic mass is 16.2. The van der Waals surface area contributed by atoms with Crippen LogP contribution in [-0.4, -0.2) is 28.4 Å². The Bertz CT molecular complexity index is 407. The van der Waals surface area contributed by atoms with Gasteiger partial charge in [0.25, 0.3) is 5.91 Å². The number of hydrogen-bond donors (Lipinski definition) is 1. The number of amides is 1. The highest BCUT2D eigenvalue weighted by Crippen LogP contribution is 2.14. The minimum Gasteiger partial charge on any atom is -0.384 e. The normalized spacial score (nSPS) is 11.1. The SMILES string of the molecule is Cc1cc(C(=O)N(CC(C)C)C(C)C)cc(N)n1. The minimum absolute atomic E-state index is 0.0240. The summed E-state index contributed by atoms with van der Waals surface area (Å²) in [5.74, 6) is 0.860. The number of pyridine rings is 1. The lowest BCUT2D eigenvalue weighted by atomic mass is 10.1. The molecule has 1 aromatic heterocycles. The summed E-state index contributed by atoms with van der Waals surface area (Å²) in [6.45, 7) is 10.9. The Kier molecular flexibility index (Phi) is 4.70. The summed E-state index contributed by atoms with van der Waals surface area (Å²) in [6.07, 6.45) is 0. The van der Waals surface area contributed by atoms with Crippen molar-refractivity contribution < 1.29 is 4.79 Å². The number of nitrogens with zero attached hydrogens (tertiary/aromatic N) is 2. The number of carbonyl (C=O) groups excluding carboxylic acids is 1. The van der Waals surface area contributed by atoms with Crippen LogP contribution in [-0.2, 0) is 0 Å². The summed E-state index contributed by atoms with van der Waals surface area (Å²) in [4.78, 5) is 18.4. The van der Waals surface area contributed by atoms with Crippen molar-refractivity contribution in [3.63, 3.8) is 0 Å². The van der Waals surface area contributed by atoms with E-state index in [9.17, 15) is 4.79 Å². The van der Waals surface area contributed by atoms with E-state index in [0.29, 0.717) is 17.3 Å². The molecule has 1 amide bonds.